The topological polar surface area (TPSA) is 46.6 Å². The van der Waals surface area contributed by atoms with E-state index in [9.17, 15) is 9.59 Å². The molecular weight excluding hydrogens is 322 g/mol. The van der Waals surface area contributed by atoms with E-state index in [1.54, 1.807) is 7.11 Å². The van der Waals surface area contributed by atoms with Crippen LogP contribution in [-0.2, 0) is 4.79 Å². The smallest absolute Gasteiger partial charge is 0.223 e. The normalized spacial score (nSPS) is 17.0. The Balaban J connectivity index is 1.61. The summed E-state index contributed by atoms with van der Waals surface area (Å²) < 4.78 is 5.19. The second-order valence-electron chi connectivity index (χ2n) is 5.92. The summed E-state index contributed by atoms with van der Waals surface area (Å²) in [7, 11) is 1.64. The molecule has 3 rings (SSSR count). The van der Waals surface area contributed by atoms with Crippen molar-refractivity contribution in [1.82, 2.24) is 4.90 Å². The molecule has 1 aliphatic heterocycles. The summed E-state index contributed by atoms with van der Waals surface area (Å²) in [5, 5.41) is 1.88. The molecule has 1 fully saturated rings. The third kappa shape index (κ3) is 3.67. The molecule has 5 heteroatoms. The first-order chi connectivity index (χ1) is 11.7. The van der Waals surface area contributed by atoms with Gasteiger partial charge in [0.15, 0.2) is 5.78 Å². The maximum Gasteiger partial charge on any atom is 0.223 e. The van der Waals surface area contributed by atoms with E-state index < -0.39 is 0 Å². The van der Waals surface area contributed by atoms with Gasteiger partial charge in [-0.3, -0.25) is 9.59 Å². The molecule has 0 saturated carbocycles. The fourth-order valence-corrected chi connectivity index (χ4v) is 3.86. The van der Waals surface area contributed by atoms with Gasteiger partial charge in [0.25, 0.3) is 0 Å². The van der Waals surface area contributed by atoms with Crippen LogP contribution >= 0.6 is 11.3 Å². The van der Waals surface area contributed by atoms with Gasteiger partial charge < -0.3 is 9.64 Å². The maximum absolute atomic E-state index is 12.6. The molecule has 1 aromatic heterocycles. The number of nitrogens with zero attached hydrogens (tertiary/aromatic N) is 1. The van der Waals surface area contributed by atoms with Crippen LogP contribution in [0.1, 0.15) is 47.0 Å². The zero-order valence-electron chi connectivity index (χ0n) is 13.7. The number of hydrogen-bond donors (Lipinski definition) is 0. The van der Waals surface area contributed by atoms with E-state index >= 15 is 0 Å². The third-order valence-electron chi connectivity index (χ3n) is 4.44. The fourth-order valence-electron chi connectivity index (χ4n) is 3.16. The number of methoxy groups -OCH3 is 1. The average molecular weight is 343 g/mol. The van der Waals surface area contributed by atoms with Crippen molar-refractivity contribution >= 4 is 23.0 Å². The first-order valence-corrected chi connectivity index (χ1v) is 9.07. The molecule has 2 heterocycles. The van der Waals surface area contributed by atoms with Crippen LogP contribution in [0.4, 0.5) is 0 Å². The highest BCUT2D eigenvalue weighted by Gasteiger charge is 2.29. The van der Waals surface area contributed by atoms with Gasteiger partial charge in [-0.2, -0.15) is 0 Å². The van der Waals surface area contributed by atoms with Gasteiger partial charge in [0, 0.05) is 19.4 Å². The van der Waals surface area contributed by atoms with E-state index in [1.807, 2.05) is 46.7 Å². The molecule has 126 valence electrons. The summed E-state index contributed by atoms with van der Waals surface area (Å²) in [6, 6.07) is 11.7. The van der Waals surface area contributed by atoms with Crippen molar-refractivity contribution in [3.8, 4) is 5.75 Å². The Hall–Kier alpha value is -2.14. The van der Waals surface area contributed by atoms with E-state index in [-0.39, 0.29) is 30.6 Å². The molecule has 1 aromatic carbocycles. The molecule has 1 unspecified atom stereocenters. The van der Waals surface area contributed by atoms with Gasteiger partial charge in [-0.05, 0) is 42.0 Å². The fraction of sp³-hybridized carbons (Fsp3) is 0.368. The Labute approximate surface area is 146 Å². The molecule has 0 aliphatic carbocycles. The van der Waals surface area contributed by atoms with Crippen molar-refractivity contribution in [2.45, 2.75) is 31.7 Å². The Morgan fingerprint density at radius 3 is 2.67 bits per heavy atom. The Kier molecular flexibility index (Phi) is 5.30. The zero-order valence-corrected chi connectivity index (χ0v) is 14.6. The summed E-state index contributed by atoms with van der Waals surface area (Å²) in [5.41, 5.74) is 1.13. The van der Waals surface area contributed by atoms with Crippen molar-refractivity contribution < 1.29 is 14.3 Å². The predicted molar refractivity (Wildman–Crippen MR) is 94.6 cm³/mol. The van der Waals surface area contributed by atoms with Crippen LogP contribution in [0.2, 0.25) is 0 Å². The second-order valence-corrected chi connectivity index (χ2v) is 6.87. The molecule has 1 saturated heterocycles. The number of carbonyl (C=O) groups is 2. The van der Waals surface area contributed by atoms with Gasteiger partial charge in [0.1, 0.15) is 5.75 Å². The molecule has 0 N–H and O–H groups in total. The lowest BCUT2D eigenvalue weighted by atomic mass is 10.0. The van der Waals surface area contributed by atoms with Crippen molar-refractivity contribution in [2.75, 3.05) is 13.7 Å². The van der Waals surface area contributed by atoms with Crippen LogP contribution in [0, 0.1) is 0 Å². The van der Waals surface area contributed by atoms with E-state index in [2.05, 4.69) is 0 Å². The number of ether oxygens (including phenoxy) is 1. The molecular formula is C19H21NO3S. The average Bonchev–Trinajstić information content (AvgIpc) is 3.30. The summed E-state index contributed by atoms with van der Waals surface area (Å²) in [6.07, 6.45) is 2.53. The minimum Gasteiger partial charge on any atom is -0.497 e. The van der Waals surface area contributed by atoms with E-state index in [1.165, 1.54) is 11.3 Å². The lowest BCUT2D eigenvalue weighted by molar-refractivity contribution is -0.132. The van der Waals surface area contributed by atoms with E-state index in [0.29, 0.717) is 0 Å². The third-order valence-corrected chi connectivity index (χ3v) is 5.35. The largest absolute Gasteiger partial charge is 0.497 e. The number of benzene rings is 1. The maximum atomic E-state index is 12.6. The molecule has 1 atom stereocenters. The molecule has 24 heavy (non-hydrogen) atoms. The first-order valence-electron chi connectivity index (χ1n) is 8.19. The van der Waals surface area contributed by atoms with Crippen molar-refractivity contribution in [3.63, 3.8) is 0 Å². The van der Waals surface area contributed by atoms with Gasteiger partial charge in [-0.1, -0.05) is 18.2 Å². The number of carbonyl (C=O) groups excluding carboxylic acids is 2. The summed E-state index contributed by atoms with van der Waals surface area (Å²) in [6.45, 7) is 0.767. The number of ketones is 1. The molecule has 1 aliphatic rings. The van der Waals surface area contributed by atoms with E-state index in [4.69, 9.17) is 4.74 Å². The van der Waals surface area contributed by atoms with Crippen LogP contribution in [-0.4, -0.2) is 30.2 Å². The molecule has 2 aromatic rings. The molecule has 0 radical (unpaired) electrons. The predicted octanol–water partition coefficient (Wildman–Crippen LogP) is 4.08. The number of hydrogen-bond acceptors (Lipinski definition) is 4. The highest BCUT2D eigenvalue weighted by atomic mass is 32.1. The monoisotopic (exact) mass is 343 g/mol. The summed E-state index contributed by atoms with van der Waals surface area (Å²) >= 11 is 1.43. The molecule has 4 nitrogen and oxygen atoms in total. The van der Waals surface area contributed by atoms with E-state index in [0.717, 1.165) is 35.6 Å². The second kappa shape index (κ2) is 7.62. The van der Waals surface area contributed by atoms with Gasteiger partial charge in [0.05, 0.1) is 18.0 Å². The SMILES string of the molecule is COc1ccc(C2CCCN2C(=O)CCC(=O)c2cccs2)cc1. The number of amides is 1. The zero-order chi connectivity index (χ0) is 16.9. The first kappa shape index (κ1) is 16.7. The summed E-state index contributed by atoms with van der Waals surface area (Å²) in [5.74, 6) is 0.938. The summed E-state index contributed by atoms with van der Waals surface area (Å²) in [4.78, 5) is 27.3. The van der Waals surface area contributed by atoms with Crippen LogP contribution in [0.15, 0.2) is 41.8 Å². The Morgan fingerprint density at radius 2 is 2.00 bits per heavy atom. The van der Waals surface area contributed by atoms with Gasteiger partial charge in [-0.25, -0.2) is 0 Å². The van der Waals surface area contributed by atoms with Gasteiger partial charge in [-0.15, -0.1) is 11.3 Å². The lowest BCUT2D eigenvalue weighted by Crippen LogP contribution is -2.30. The minimum atomic E-state index is 0.0542. The van der Waals surface area contributed by atoms with Gasteiger partial charge >= 0.3 is 0 Å². The quantitative estimate of drug-likeness (QED) is 0.742. The number of thiophene rings is 1. The van der Waals surface area contributed by atoms with Crippen LogP contribution in [0.3, 0.4) is 0 Å². The van der Waals surface area contributed by atoms with Gasteiger partial charge in [0.2, 0.25) is 5.91 Å². The van der Waals surface area contributed by atoms with Crippen LogP contribution in [0.5, 0.6) is 5.75 Å². The molecule has 0 bridgehead atoms. The Bertz CT molecular complexity index is 694. The number of rotatable bonds is 6. The minimum absolute atomic E-state index is 0.0542. The lowest BCUT2D eigenvalue weighted by Gasteiger charge is -2.25. The van der Waals surface area contributed by atoms with Crippen molar-refractivity contribution in [1.29, 1.82) is 0 Å². The van der Waals surface area contributed by atoms with Crippen LogP contribution in [0.25, 0.3) is 0 Å². The number of likely N-dealkylation sites (tertiary alicyclic amines) is 1. The highest BCUT2D eigenvalue weighted by Crippen LogP contribution is 2.33. The standard InChI is InChI=1S/C19H21NO3S/c1-23-15-8-6-14(7-9-15)16-4-2-12-20(16)19(22)11-10-17(21)18-5-3-13-24-18/h3,5-9,13,16H,2,4,10-12H2,1H3. The molecule has 1 amide bonds. The molecule has 0 spiro atoms. The van der Waals surface area contributed by atoms with Crippen molar-refractivity contribution in [3.05, 3.63) is 52.2 Å². The van der Waals surface area contributed by atoms with Crippen LogP contribution < -0.4 is 4.74 Å². The number of Topliss-reactive ketones (excluding diaryl/α,β-unsaturated/α-hetero) is 1. The highest BCUT2D eigenvalue weighted by molar-refractivity contribution is 7.12. The van der Waals surface area contributed by atoms with Crippen molar-refractivity contribution in [2.24, 2.45) is 0 Å². The Morgan fingerprint density at radius 1 is 1.21 bits per heavy atom.